The Morgan fingerprint density at radius 2 is 1.75 bits per heavy atom. The van der Waals surface area contributed by atoms with E-state index in [9.17, 15) is 13.2 Å². The van der Waals surface area contributed by atoms with Crippen LogP contribution in [0, 0.1) is 0 Å². The van der Waals surface area contributed by atoms with Crippen LogP contribution in [0.25, 0.3) is 0 Å². The van der Waals surface area contributed by atoms with E-state index in [2.05, 4.69) is 5.32 Å². The van der Waals surface area contributed by atoms with Gasteiger partial charge in [-0.15, -0.1) is 0 Å². The van der Waals surface area contributed by atoms with Crippen LogP contribution >= 0.6 is 11.6 Å². The number of nitrogens with one attached hydrogen (secondary N) is 1. The molecule has 0 fully saturated rings. The van der Waals surface area contributed by atoms with E-state index < -0.39 is 10.0 Å². The molecule has 1 amide bonds. The van der Waals surface area contributed by atoms with Gasteiger partial charge in [0.05, 0.1) is 12.7 Å². The Bertz CT molecular complexity index is 618. The summed E-state index contributed by atoms with van der Waals surface area (Å²) in [6, 6.07) is 7.07. The molecule has 0 heterocycles. The molecule has 0 aliphatic heterocycles. The lowest BCUT2D eigenvalue weighted by Crippen LogP contribution is -2.39. The second-order valence-corrected chi connectivity index (χ2v) is 8.39. The Morgan fingerprint density at radius 3 is 2.29 bits per heavy atom. The highest BCUT2D eigenvalue weighted by molar-refractivity contribution is 7.88. The van der Waals surface area contributed by atoms with E-state index in [1.54, 1.807) is 24.3 Å². The molecule has 0 aromatic heterocycles. The van der Waals surface area contributed by atoms with Gasteiger partial charge in [0.25, 0.3) is 0 Å². The number of benzene rings is 1. The largest absolute Gasteiger partial charge is 0.354 e. The SMILES string of the molecule is CN(C)CCCN(CCNC(=O)Cc1ccc(Cl)cc1)S(C)(=O)=O. The van der Waals surface area contributed by atoms with Crippen LogP contribution in [-0.2, 0) is 21.2 Å². The molecule has 0 saturated heterocycles. The van der Waals surface area contributed by atoms with Gasteiger partial charge in [-0.2, -0.15) is 0 Å². The summed E-state index contributed by atoms with van der Waals surface area (Å²) < 4.78 is 25.0. The molecule has 0 unspecified atom stereocenters. The Labute approximate surface area is 149 Å². The number of carbonyl (C=O) groups is 1. The minimum Gasteiger partial charge on any atom is -0.354 e. The van der Waals surface area contributed by atoms with E-state index in [0.717, 1.165) is 18.5 Å². The molecular weight excluding hydrogens is 350 g/mol. The average molecular weight is 376 g/mol. The second kappa shape index (κ2) is 9.98. The molecule has 0 spiro atoms. The molecule has 24 heavy (non-hydrogen) atoms. The summed E-state index contributed by atoms with van der Waals surface area (Å²) in [4.78, 5) is 13.9. The van der Waals surface area contributed by atoms with Crippen molar-refractivity contribution in [3.63, 3.8) is 0 Å². The lowest BCUT2D eigenvalue weighted by molar-refractivity contribution is -0.120. The number of hydrogen-bond acceptors (Lipinski definition) is 4. The molecule has 8 heteroatoms. The number of sulfonamides is 1. The second-order valence-electron chi connectivity index (χ2n) is 5.97. The van der Waals surface area contributed by atoms with Crippen molar-refractivity contribution in [2.45, 2.75) is 12.8 Å². The van der Waals surface area contributed by atoms with Gasteiger partial charge in [0.2, 0.25) is 15.9 Å². The Kier molecular flexibility index (Phi) is 8.69. The first-order valence-corrected chi connectivity index (χ1v) is 10.0. The van der Waals surface area contributed by atoms with E-state index in [1.165, 1.54) is 10.6 Å². The molecule has 1 N–H and O–H groups in total. The van der Waals surface area contributed by atoms with E-state index >= 15 is 0 Å². The summed E-state index contributed by atoms with van der Waals surface area (Å²) in [5.41, 5.74) is 0.864. The average Bonchev–Trinajstić information content (AvgIpc) is 2.46. The van der Waals surface area contributed by atoms with Crippen molar-refractivity contribution >= 4 is 27.5 Å². The molecule has 0 bridgehead atoms. The molecule has 0 saturated carbocycles. The number of carbonyl (C=O) groups excluding carboxylic acids is 1. The number of amides is 1. The number of rotatable bonds is 10. The van der Waals surface area contributed by atoms with Crippen LogP contribution in [0.5, 0.6) is 0 Å². The van der Waals surface area contributed by atoms with Crippen molar-refractivity contribution in [3.05, 3.63) is 34.9 Å². The molecule has 0 aliphatic rings. The number of hydrogen-bond donors (Lipinski definition) is 1. The zero-order valence-corrected chi connectivity index (χ0v) is 16.0. The fraction of sp³-hybridized carbons (Fsp3) is 0.562. The van der Waals surface area contributed by atoms with Crippen LogP contribution in [0.1, 0.15) is 12.0 Å². The maximum Gasteiger partial charge on any atom is 0.224 e. The zero-order chi connectivity index (χ0) is 18.2. The van der Waals surface area contributed by atoms with Gasteiger partial charge in [-0.1, -0.05) is 23.7 Å². The highest BCUT2D eigenvalue weighted by atomic mass is 35.5. The quantitative estimate of drug-likeness (QED) is 0.667. The summed E-state index contributed by atoms with van der Waals surface area (Å²) >= 11 is 5.80. The van der Waals surface area contributed by atoms with E-state index in [0.29, 0.717) is 18.1 Å². The van der Waals surface area contributed by atoms with Gasteiger partial charge in [-0.25, -0.2) is 12.7 Å². The van der Waals surface area contributed by atoms with Crippen molar-refractivity contribution in [1.29, 1.82) is 0 Å². The van der Waals surface area contributed by atoms with Crippen LogP contribution in [0.4, 0.5) is 0 Å². The summed E-state index contributed by atoms with van der Waals surface area (Å²) in [6.07, 6.45) is 2.19. The summed E-state index contributed by atoms with van der Waals surface area (Å²) in [5.74, 6) is -0.140. The van der Waals surface area contributed by atoms with Crippen LogP contribution in [0.3, 0.4) is 0 Å². The number of nitrogens with zero attached hydrogens (tertiary/aromatic N) is 2. The van der Waals surface area contributed by atoms with Crippen LogP contribution in [0.2, 0.25) is 5.02 Å². The van der Waals surface area contributed by atoms with E-state index in [4.69, 9.17) is 11.6 Å². The first kappa shape index (κ1) is 20.9. The normalized spacial score (nSPS) is 11.9. The highest BCUT2D eigenvalue weighted by Crippen LogP contribution is 2.09. The predicted octanol–water partition coefficient (Wildman–Crippen LogP) is 1.21. The van der Waals surface area contributed by atoms with Crippen LogP contribution < -0.4 is 5.32 Å². The van der Waals surface area contributed by atoms with E-state index in [1.807, 2.05) is 19.0 Å². The minimum absolute atomic E-state index is 0.140. The van der Waals surface area contributed by atoms with Crippen molar-refractivity contribution in [3.8, 4) is 0 Å². The third-order valence-corrected chi connectivity index (χ3v) is 5.00. The monoisotopic (exact) mass is 375 g/mol. The molecule has 1 aromatic rings. The molecule has 0 radical (unpaired) electrons. The van der Waals surface area contributed by atoms with Gasteiger partial charge in [0, 0.05) is 24.7 Å². The van der Waals surface area contributed by atoms with Gasteiger partial charge >= 0.3 is 0 Å². The lowest BCUT2D eigenvalue weighted by atomic mass is 10.1. The molecule has 1 aromatic carbocycles. The Hall–Kier alpha value is -1.15. The third-order valence-electron chi connectivity index (χ3n) is 3.44. The van der Waals surface area contributed by atoms with Gasteiger partial charge in [0.15, 0.2) is 0 Å². The third kappa shape index (κ3) is 8.63. The van der Waals surface area contributed by atoms with Crippen molar-refractivity contribution in [2.75, 3.05) is 46.5 Å². The number of halogens is 1. The molecule has 0 aliphatic carbocycles. The highest BCUT2D eigenvalue weighted by Gasteiger charge is 2.16. The van der Waals surface area contributed by atoms with Crippen molar-refractivity contribution in [1.82, 2.24) is 14.5 Å². The maximum atomic E-state index is 11.9. The van der Waals surface area contributed by atoms with E-state index in [-0.39, 0.29) is 18.9 Å². The zero-order valence-electron chi connectivity index (χ0n) is 14.5. The smallest absolute Gasteiger partial charge is 0.224 e. The summed E-state index contributed by atoms with van der Waals surface area (Å²) in [7, 11) is 0.617. The predicted molar refractivity (Wildman–Crippen MR) is 97.8 cm³/mol. The van der Waals surface area contributed by atoms with Crippen molar-refractivity contribution < 1.29 is 13.2 Å². The van der Waals surface area contributed by atoms with Gasteiger partial charge in [0.1, 0.15) is 0 Å². The van der Waals surface area contributed by atoms with Crippen molar-refractivity contribution in [2.24, 2.45) is 0 Å². The molecule has 1 rings (SSSR count). The summed E-state index contributed by atoms with van der Waals surface area (Å²) in [6.45, 7) is 1.83. The van der Waals surface area contributed by atoms with Gasteiger partial charge < -0.3 is 10.2 Å². The van der Waals surface area contributed by atoms with Gasteiger partial charge in [-0.05, 0) is 44.8 Å². The topological polar surface area (TPSA) is 69.7 Å². The van der Waals surface area contributed by atoms with Crippen LogP contribution in [-0.4, -0.2) is 70.1 Å². The molecular formula is C16H26ClN3O3S. The molecule has 6 nitrogen and oxygen atoms in total. The standard InChI is InChI=1S/C16H26ClN3O3S/c1-19(2)10-4-11-20(24(3,22)23)12-9-18-16(21)13-14-5-7-15(17)8-6-14/h5-8H,4,9-13H2,1-3H3,(H,18,21). The Morgan fingerprint density at radius 1 is 1.12 bits per heavy atom. The lowest BCUT2D eigenvalue weighted by Gasteiger charge is -2.21. The minimum atomic E-state index is -3.28. The fourth-order valence-electron chi connectivity index (χ4n) is 2.18. The molecule has 0 atom stereocenters. The molecule has 136 valence electrons. The first-order chi connectivity index (χ1) is 11.2. The fourth-order valence-corrected chi connectivity index (χ4v) is 3.19. The first-order valence-electron chi connectivity index (χ1n) is 7.79. The summed E-state index contributed by atoms with van der Waals surface area (Å²) in [5, 5.41) is 3.38. The Balaban J connectivity index is 2.40. The van der Waals surface area contributed by atoms with Crippen LogP contribution in [0.15, 0.2) is 24.3 Å². The van der Waals surface area contributed by atoms with Gasteiger partial charge in [-0.3, -0.25) is 4.79 Å². The maximum absolute atomic E-state index is 11.9.